The van der Waals surface area contributed by atoms with Crippen molar-refractivity contribution < 1.29 is 20.8 Å². The Labute approximate surface area is 207 Å². The molecule has 6 rings (SSSR count). The van der Waals surface area contributed by atoms with E-state index in [1.807, 2.05) is 0 Å². The van der Waals surface area contributed by atoms with Gasteiger partial charge in [-0.25, -0.2) is 0 Å². The van der Waals surface area contributed by atoms with Crippen LogP contribution in [0, 0.1) is 13.8 Å². The summed E-state index contributed by atoms with van der Waals surface area (Å²) in [6.07, 6.45) is 0. The zero-order valence-corrected chi connectivity index (χ0v) is 22.0. The number of para-hydroxylation sites is 1. The number of aryl methyl sites for hydroxylation is 1. The molecule has 0 bridgehead atoms. The van der Waals surface area contributed by atoms with Crippen molar-refractivity contribution in [3.05, 3.63) is 114 Å². The Kier molecular flexibility index (Phi) is 7.68. The predicted molar refractivity (Wildman–Crippen MR) is 137 cm³/mol. The van der Waals surface area contributed by atoms with Crippen LogP contribution in [0.3, 0.4) is 0 Å². The largest absolute Gasteiger partial charge is 0.168 e. The van der Waals surface area contributed by atoms with Crippen molar-refractivity contribution in [1.82, 2.24) is 4.57 Å². The van der Waals surface area contributed by atoms with E-state index in [1.54, 1.807) is 0 Å². The molecule has 0 unspecified atom stereocenters. The maximum Gasteiger partial charge on any atom is -0.0809 e. The van der Waals surface area contributed by atoms with Gasteiger partial charge in [-0.2, -0.15) is 17.5 Å². The van der Waals surface area contributed by atoms with Crippen LogP contribution in [0.1, 0.15) is 11.3 Å². The fourth-order valence-corrected chi connectivity index (χ4v) is 4.19. The smallest absolute Gasteiger partial charge is 0.0809 e. The van der Waals surface area contributed by atoms with Gasteiger partial charge >= 0.3 is 37.9 Å². The van der Waals surface area contributed by atoms with Gasteiger partial charge in [0.25, 0.3) is 0 Å². The van der Waals surface area contributed by atoms with Crippen LogP contribution in [-0.4, -0.2) is 4.57 Å². The molecule has 0 aliphatic rings. The van der Waals surface area contributed by atoms with Crippen molar-refractivity contribution in [2.24, 2.45) is 0 Å². The molecule has 5 aromatic carbocycles. The van der Waals surface area contributed by atoms with Crippen molar-refractivity contribution in [2.75, 3.05) is 0 Å². The van der Waals surface area contributed by atoms with Gasteiger partial charge in [-0.3, -0.25) is 0 Å². The molecule has 0 spiro atoms. The minimum atomic E-state index is -0.826. The Morgan fingerprint density at radius 2 is 1.38 bits per heavy atom. The van der Waals surface area contributed by atoms with Crippen LogP contribution in [0.4, 0.5) is 0 Å². The van der Waals surface area contributed by atoms with E-state index in [2.05, 4.69) is 122 Å². The van der Waals surface area contributed by atoms with Crippen molar-refractivity contribution >= 4 is 49.5 Å². The molecule has 0 saturated carbocycles. The third-order valence-electron chi connectivity index (χ3n) is 5.84. The van der Waals surface area contributed by atoms with Gasteiger partial charge < -0.3 is 4.57 Å². The molecule has 1 aromatic heterocycles. The minimum absolute atomic E-state index is 0.826. The SMILES string of the molecule is Cc1c(C)n(-c2cc3ccccc3[cH-]2)c2ccccc12.[Cl][Zr+2][Cl].c1ccc2[cH-]ccc2c1. The molecular weight excluding hydrogens is 512 g/mol. The van der Waals surface area contributed by atoms with Crippen LogP contribution in [0.2, 0.25) is 0 Å². The van der Waals surface area contributed by atoms with E-state index in [0.29, 0.717) is 0 Å². The fourth-order valence-electron chi connectivity index (χ4n) is 4.19. The molecule has 0 saturated heterocycles. The number of benzene rings is 3. The molecule has 0 N–H and O–H groups in total. The summed E-state index contributed by atoms with van der Waals surface area (Å²) in [6, 6.07) is 36.4. The molecule has 0 amide bonds. The number of aromatic nitrogens is 1. The molecule has 6 aromatic rings. The van der Waals surface area contributed by atoms with Gasteiger partial charge in [-0.1, -0.05) is 30.3 Å². The third kappa shape index (κ3) is 4.79. The zero-order valence-electron chi connectivity index (χ0n) is 18.0. The molecule has 0 fully saturated rings. The van der Waals surface area contributed by atoms with Gasteiger partial charge in [0.1, 0.15) is 0 Å². The average molecular weight is 536 g/mol. The summed E-state index contributed by atoms with van der Waals surface area (Å²) in [7, 11) is 9.87. The van der Waals surface area contributed by atoms with Crippen molar-refractivity contribution in [3.8, 4) is 5.69 Å². The summed E-state index contributed by atoms with van der Waals surface area (Å²) in [5, 5.41) is 6.61. The van der Waals surface area contributed by atoms with E-state index < -0.39 is 20.8 Å². The maximum atomic E-state index is 4.93. The molecule has 158 valence electrons. The van der Waals surface area contributed by atoms with Crippen LogP contribution >= 0.6 is 17.0 Å². The van der Waals surface area contributed by atoms with Crippen LogP contribution in [-0.2, 0) is 20.8 Å². The second kappa shape index (κ2) is 10.7. The summed E-state index contributed by atoms with van der Waals surface area (Å²) in [5.41, 5.74) is 5.23. The first-order valence-corrected chi connectivity index (χ1v) is 16.8. The molecule has 0 aliphatic heterocycles. The van der Waals surface area contributed by atoms with E-state index in [-0.39, 0.29) is 0 Å². The number of halogens is 2. The molecule has 32 heavy (non-hydrogen) atoms. The molecule has 0 atom stereocenters. The molecule has 4 heteroatoms. The second-order valence-corrected chi connectivity index (χ2v) is 11.4. The van der Waals surface area contributed by atoms with E-state index >= 15 is 0 Å². The summed E-state index contributed by atoms with van der Waals surface area (Å²) in [5.74, 6) is 0. The second-order valence-electron chi connectivity index (χ2n) is 7.63. The van der Waals surface area contributed by atoms with E-state index in [9.17, 15) is 0 Å². The number of nitrogens with zero attached hydrogens (tertiary/aromatic N) is 1. The normalized spacial score (nSPS) is 10.4. The summed E-state index contributed by atoms with van der Waals surface area (Å²) in [4.78, 5) is 0. The van der Waals surface area contributed by atoms with Gasteiger partial charge in [0, 0.05) is 11.1 Å². The van der Waals surface area contributed by atoms with Gasteiger partial charge in [0.05, 0.1) is 5.52 Å². The maximum absolute atomic E-state index is 4.93. The van der Waals surface area contributed by atoms with E-state index in [4.69, 9.17) is 17.0 Å². The van der Waals surface area contributed by atoms with Crippen molar-refractivity contribution in [3.63, 3.8) is 0 Å². The Balaban J connectivity index is 0.000000169. The first-order chi connectivity index (χ1) is 15.6. The third-order valence-corrected chi connectivity index (χ3v) is 5.84. The monoisotopic (exact) mass is 533 g/mol. The van der Waals surface area contributed by atoms with Crippen molar-refractivity contribution in [2.45, 2.75) is 13.8 Å². The van der Waals surface area contributed by atoms with Crippen LogP contribution < -0.4 is 0 Å². The average Bonchev–Trinajstić information content (AvgIpc) is 3.52. The predicted octanol–water partition coefficient (Wildman–Crippen LogP) is 9.05. The fraction of sp³-hybridized carbons (Fsp3) is 0.0714. The quantitative estimate of drug-likeness (QED) is 0.185. The Hall–Kier alpha value is -2.12. The molecule has 0 aliphatic carbocycles. The summed E-state index contributed by atoms with van der Waals surface area (Å²) < 4.78 is 2.37. The standard InChI is InChI=1S/C19H16N.C9H7.2ClH.Zr/c1-13-14(2)20(19-10-6-5-9-18(13)19)17-11-15-7-3-4-8-16(15)12-17;1-2-5-9-7-3-6-8(9)4-1;;;/h3-12H,1-2H3;1-7H;2*1H;/q2*-1;;;+4/p-2. The number of rotatable bonds is 1. The first kappa shape index (κ1) is 23.1. The Morgan fingerprint density at radius 1 is 0.750 bits per heavy atom. The molecule has 0 radical (unpaired) electrons. The first-order valence-electron chi connectivity index (χ1n) is 10.4. The van der Waals surface area contributed by atoms with Gasteiger partial charge in [-0.15, -0.1) is 70.8 Å². The number of hydrogen-bond donors (Lipinski definition) is 0. The number of hydrogen-bond acceptors (Lipinski definition) is 0. The summed E-state index contributed by atoms with van der Waals surface area (Å²) in [6.45, 7) is 4.41. The van der Waals surface area contributed by atoms with E-state index in [0.717, 1.165) is 0 Å². The molecular formula is C28H23Cl2NZr. The molecule has 1 heterocycles. The number of fused-ring (bicyclic) bond motifs is 3. The van der Waals surface area contributed by atoms with E-state index in [1.165, 1.54) is 49.4 Å². The van der Waals surface area contributed by atoms with Crippen LogP contribution in [0.25, 0.3) is 38.1 Å². The van der Waals surface area contributed by atoms with Gasteiger partial charge in [0.15, 0.2) is 0 Å². The topological polar surface area (TPSA) is 4.93 Å². The van der Waals surface area contributed by atoms with Gasteiger partial charge in [0.2, 0.25) is 0 Å². The van der Waals surface area contributed by atoms with Gasteiger partial charge in [-0.05, 0) is 31.2 Å². The molecule has 1 nitrogen and oxygen atoms in total. The van der Waals surface area contributed by atoms with Crippen LogP contribution in [0.15, 0.2) is 103 Å². The zero-order chi connectivity index (χ0) is 22.5. The summed E-state index contributed by atoms with van der Waals surface area (Å²) >= 11 is -0.826. The van der Waals surface area contributed by atoms with Crippen molar-refractivity contribution in [1.29, 1.82) is 0 Å². The minimum Gasteiger partial charge on any atom is -0.168 e. The Morgan fingerprint density at radius 3 is 2.09 bits per heavy atom. The van der Waals surface area contributed by atoms with Crippen LogP contribution in [0.5, 0.6) is 0 Å². The Bertz CT molecular complexity index is 1390.